The molecular weight excluding hydrogens is 416 g/mol. The lowest BCUT2D eigenvalue weighted by molar-refractivity contribution is -0.213. The highest BCUT2D eigenvalue weighted by Gasteiger charge is 2.15. The zero-order valence-electron chi connectivity index (χ0n) is 12.6. The average molecular weight is 431 g/mol. The number of alkyl halides is 1. The number of anilines is 1. The molecule has 0 saturated carbocycles. The molecule has 0 aliphatic heterocycles. The van der Waals surface area contributed by atoms with Crippen LogP contribution >= 0.6 is 27.5 Å². The van der Waals surface area contributed by atoms with Crippen LogP contribution in [0.2, 0.25) is 0 Å². The molecule has 0 aliphatic carbocycles. The van der Waals surface area contributed by atoms with E-state index in [1.165, 1.54) is 24.3 Å². The van der Waals surface area contributed by atoms with Crippen LogP contribution in [-0.4, -0.2) is 26.7 Å². The van der Waals surface area contributed by atoms with Crippen molar-refractivity contribution in [2.24, 2.45) is 4.99 Å². The van der Waals surface area contributed by atoms with E-state index in [4.69, 9.17) is 11.6 Å². The lowest BCUT2D eigenvalue weighted by Crippen LogP contribution is -2.23. The van der Waals surface area contributed by atoms with Crippen molar-refractivity contribution in [2.45, 2.75) is 11.3 Å². The minimum atomic E-state index is -3.80. The summed E-state index contributed by atoms with van der Waals surface area (Å²) in [6.07, 6.45) is 0.583. The normalized spacial score (nSPS) is 12.2. The molecule has 24 heavy (non-hydrogen) atoms. The summed E-state index contributed by atoms with van der Waals surface area (Å²) in [6, 6.07) is 12.6. The molecule has 0 aliphatic rings. The topological polar surface area (TPSA) is 81.6 Å². The molecule has 0 aromatic heterocycles. The molecule has 0 amide bonds. The Kier molecular flexibility index (Phi) is 6.65. The molecule has 1 N–H and O–H groups in total. The largest absolute Gasteiger partial charge is 0.858 e. The first-order chi connectivity index (χ1) is 11.4. The second-order valence-electron chi connectivity index (χ2n) is 4.83. The maximum absolute atomic E-state index is 12.5. The van der Waals surface area contributed by atoms with Crippen molar-refractivity contribution >= 4 is 49.1 Å². The third-order valence-corrected chi connectivity index (χ3v) is 5.25. The number of sulfonamides is 1. The molecule has 0 radical (unpaired) electrons. The van der Waals surface area contributed by atoms with Crippen molar-refractivity contribution in [3.63, 3.8) is 0 Å². The molecular formula is C16H15BrClN2O3S-. The second kappa shape index (κ2) is 8.50. The Labute approximate surface area is 154 Å². The standard InChI is InChI=1S/C16H16BrClN2O3S/c17-12-6-8-13(9-7-12)24(22,23)20-15-5-2-1-4-14(15)16(21)19-11-3-10-18/h1-2,4-9,20H,3,10-11H2,(H,19,21)/p-1. The van der Waals surface area contributed by atoms with E-state index < -0.39 is 15.9 Å². The van der Waals surface area contributed by atoms with Gasteiger partial charge in [0.2, 0.25) is 0 Å². The number of halogens is 2. The fourth-order valence-corrected chi connectivity index (χ4v) is 3.37. The molecule has 2 rings (SSSR count). The van der Waals surface area contributed by atoms with Crippen molar-refractivity contribution in [3.8, 4) is 0 Å². The predicted octanol–water partition coefficient (Wildman–Crippen LogP) is 2.99. The average Bonchev–Trinajstić information content (AvgIpc) is 2.55. The van der Waals surface area contributed by atoms with Crippen LogP contribution in [0.3, 0.4) is 0 Å². The Balaban J connectivity index is 2.30. The van der Waals surface area contributed by atoms with E-state index in [-0.39, 0.29) is 16.1 Å². The minimum absolute atomic E-state index is 0.104. The molecule has 0 atom stereocenters. The molecule has 0 spiro atoms. The Morgan fingerprint density at radius 2 is 1.83 bits per heavy atom. The van der Waals surface area contributed by atoms with Gasteiger partial charge in [0, 0.05) is 22.5 Å². The quantitative estimate of drug-likeness (QED) is 0.317. The maximum atomic E-state index is 12.5. The number of nitrogens with one attached hydrogen (secondary N) is 1. The second-order valence-corrected chi connectivity index (χ2v) is 7.81. The van der Waals surface area contributed by atoms with Crippen molar-refractivity contribution < 1.29 is 13.5 Å². The number of aliphatic imine (C=N–C) groups is 1. The first kappa shape index (κ1) is 18.8. The highest BCUT2D eigenvalue weighted by molar-refractivity contribution is 9.10. The van der Waals surface area contributed by atoms with E-state index >= 15 is 0 Å². The van der Waals surface area contributed by atoms with Gasteiger partial charge in [0.15, 0.2) is 0 Å². The molecule has 2 aromatic carbocycles. The minimum Gasteiger partial charge on any atom is -0.858 e. The van der Waals surface area contributed by atoms with E-state index in [9.17, 15) is 13.5 Å². The molecule has 0 heterocycles. The lowest BCUT2D eigenvalue weighted by Gasteiger charge is -2.17. The van der Waals surface area contributed by atoms with E-state index in [1.807, 2.05) is 0 Å². The summed E-state index contributed by atoms with van der Waals surface area (Å²) in [6.45, 7) is 0.302. The van der Waals surface area contributed by atoms with Crippen molar-refractivity contribution in [2.75, 3.05) is 17.1 Å². The Hall–Kier alpha value is -1.57. The number of hydrogen-bond acceptors (Lipinski definition) is 4. The summed E-state index contributed by atoms with van der Waals surface area (Å²) in [5.74, 6) is -0.0662. The van der Waals surface area contributed by atoms with Gasteiger partial charge in [-0.25, -0.2) is 8.42 Å². The molecule has 0 unspecified atom stereocenters. The van der Waals surface area contributed by atoms with Crippen LogP contribution in [0.4, 0.5) is 5.69 Å². The van der Waals surface area contributed by atoms with Gasteiger partial charge in [0.25, 0.3) is 10.0 Å². The van der Waals surface area contributed by atoms with Crippen LogP contribution in [-0.2, 0) is 10.0 Å². The number of hydrogen-bond donors (Lipinski definition) is 1. The van der Waals surface area contributed by atoms with Crippen molar-refractivity contribution in [1.82, 2.24) is 0 Å². The van der Waals surface area contributed by atoms with Crippen LogP contribution in [0.15, 0.2) is 62.9 Å². The van der Waals surface area contributed by atoms with Gasteiger partial charge >= 0.3 is 0 Å². The number of para-hydroxylation sites is 1. The molecule has 0 bridgehead atoms. The van der Waals surface area contributed by atoms with E-state index in [1.54, 1.807) is 24.3 Å². The summed E-state index contributed by atoms with van der Waals surface area (Å²) in [7, 11) is -3.80. The molecule has 2 aromatic rings. The zero-order valence-corrected chi connectivity index (χ0v) is 15.7. The third kappa shape index (κ3) is 4.96. The zero-order chi connectivity index (χ0) is 17.6. The summed E-state index contributed by atoms with van der Waals surface area (Å²) >= 11 is 8.82. The highest BCUT2D eigenvalue weighted by Crippen LogP contribution is 2.21. The first-order valence-corrected chi connectivity index (χ1v) is 9.90. The van der Waals surface area contributed by atoms with E-state index in [2.05, 4.69) is 25.6 Å². The molecule has 128 valence electrons. The van der Waals surface area contributed by atoms with Crippen LogP contribution in [0.5, 0.6) is 0 Å². The monoisotopic (exact) mass is 429 g/mol. The van der Waals surface area contributed by atoms with Gasteiger partial charge in [-0.05, 0) is 42.7 Å². The maximum Gasteiger partial charge on any atom is 0.261 e. The predicted molar refractivity (Wildman–Crippen MR) is 98.1 cm³/mol. The fourth-order valence-electron chi connectivity index (χ4n) is 1.90. The number of nitrogens with zero attached hydrogens (tertiary/aromatic N) is 1. The lowest BCUT2D eigenvalue weighted by atomic mass is 10.2. The molecule has 8 heteroatoms. The number of benzene rings is 2. The molecule has 0 fully saturated rings. The Morgan fingerprint density at radius 3 is 2.50 bits per heavy atom. The van der Waals surface area contributed by atoms with Crippen LogP contribution in [0.25, 0.3) is 0 Å². The van der Waals surface area contributed by atoms with Gasteiger partial charge in [0.1, 0.15) is 0 Å². The van der Waals surface area contributed by atoms with Crippen LogP contribution in [0.1, 0.15) is 12.0 Å². The van der Waals surface area contributed by atoms with Crippen molar-refractivity contribution in [3.05, 3.63) is 58.6 Å². The van der Waals surface area contributed by atoms with Gasteiger partial charge in [-0.1, -0.05) is 34.1 Å². The summed E-state index contributed by atoms with van der Waals surface area (Å²) in [4.78, 5) is 4.00. The fraction of sp³-hybridized carbons (Fsp3) is 0.188. The van der Waals surface area contributed by atoms with Gasteiger partial charge in [-0.3, -0.25) is 4.72 Å². The van der Waals surface area contributed by atoms with Gasteiger partial charge in [-0.15, -0.1) is 11.6 Å². The van der Waals surface area contributed by atoms with E-state index in [0.29, 0.717) is 18.8 Å². The number of rotatable bonds is 7. The summed E-state index contributed by atoms with van der Waals surface area (Å²) in [5.41, 5.74) is 0.396. The Morgan fingerprint density at radius 1 is 1.17 bits per heavy atom. The van der Waals surface area contributed by atoms with E-state index in [0.717, 1.165) is 4.47 Å². The highest BCUT2D eigenvalue weighted by atomic mass is 79.9. The smallest absolute Gasteiger partial charge is 0.261 e. The summed E-state index contributed by atoms with van der Waals surface area (Å²) in [5, 5.41) is 12.2. The van der Waals surface area contributed by atoms with Crippen LogP contribution < -0.4 is 9.83 Å². The summed E-state index contributed by atoms with van der Waals surface area (Å²) < 4.78 is 28.1. The van der Waals surface area contributed by atoms with Gasteiger partial charge < -0.3 is 10.1 Å². The molecule has 5 nitrogen and oxygen atoms in total. The van der Waals surface area contributed by atoms with Gasteiger partial charge in [0.05, 0.1) is 10.6 Å². The Bertz CT molecular complexity index is 823. The molecule has 0 saturated heterocycles. The third-order valence-electron chi connectivity index (χ3n) is 3.07. The van der Waals surface area contributed by atoms with Gasteiger partial charge in [-0.2, -0.15) is 0 Å². The van der Waals surface area contributed by atoms with Crippen LogP contribution in [0, 0.1) is 0 Å². The SMILES string of the molecule is O=S(=O)(Nc1ccccc1C([O-])=NCCCCl)c1ccc(Br)cc1. The first-order valence-electron chi connectivity index (χ1n) is 7.09. The van der Waals surface area contributed by atoms with Crippen molar-refractivity contribution in [1.29, 1.82) is 0 Å².